The summed E-state index contributed by atoms with van der Waals surface area (Å²) in [5.41, 5.74) is 0.230. The summed E-state index contributed by atoms with van der Waals surface area (Å²) in [7, 11) is 0. The topological polar surface area (TPSA) is 68.3 Å². The van der Waals surface area contributed by atoms with E-state index in [1.54, 1.807) is 5.38 Å². The van der Waals surface area contributed by atoms with Gasteiger partial charge in [-0.05, 0) is 75.5 Å². The third kappa shape index (κ3) is 3.92. The van der Waals surface area contributed by atoms with Crippen LogP contribution in [0.5, 0.6) is 0 Å². The molecule has 1 N–H and O–H groups in total. The predicted molar refractivity (Wildman–Crippen MR) is 117 cm³/mol. The minimum Gasteiger partial charge on any atom is -0.452 e. The maximum absolute atomic E-state index is 13.5. The second kappa shape index (κ2) is 7.76. The van der Waals surface area contributed by atoms with Gasteiger partial charge in [-0.25, -0.2) is 13.8 Å². The summed E-state index contributed by atoms with van der Waals surface area (Å²) in [5.74, 6) is -1.82. The summed E-state index contributed by atoms with van der Waals surface area (Å²) in [6.07, 6.45) is 4.25. The molecule has 0 radical (unpaired) electrons. The highest BCUT2D eigenvalue weighted by Gasteiger charge is 2.61. The van der Waals surface area contributed by atoms with Crippen LogP contribution < -0.4 is 5.32 Å². The third-order valence-electron chi connectivity index (χ3n) is 7.03. The number of carbonyl (C=O) groups excluding carboxylic acids is 2. The van der Waals surface area contributed by atoms with Crippen molar-refractivity contribution in [2.45, 2.75) is 56.4 Å². The molecule has 1 aromatic carbocycles. The smallest absolute Gasteiger partial charge is 0.312 e. The first-order valence-corrected chi connectivity index (χ1v) is 12.0. The number of anilines is 1. The zero-order valence-electron chi connectivity index (χ0n) is 17.5. The van der Waals surface area contributed by atoms with Crippen LogP contribution in [0.3, 0.4) is 0 Å². The number of aromatic nitrogens is 1. The van der Waals surface area contributed by atoms with Crippen molar-refractivity contribution >= 4 is 39.9 Å². The van der Waals surface area contributed by atoms with Gasteiger partial charge in [0.15, 0.2) is 22.9 Å². The molecule has 6 rings (SSSR count). The van der Waals surface area contributed by atoms with E-state index in [4.69, 9.17) is 16.3 Å². The van der Waals surface area contributed by atoms with Gasteiger partial charge in [-0.15, -0.1) is 22.9 Å². The number of nitrogens with one attached hydrogen (secondary N) is 1. The summed E-state index contributed by atoms with van der Waals surface area (Å²) in [4.78, 5) is 29.7. The molecule has 4 aliphatic carbocycles. The van der Waals surface area contributed by atoms with Gasteiger partial charge in [0.25, 0.3) is 5.91 Å². The Morgan fingerprint density at radius 2 is 1.94 bits per heavy atom. The van der Waals surface area contributed by atoms with E-state index in [1.165, 1.54) is 13.0 Å². The molecule has 0 saturated heterocycles. The van der Waals surface area contributed by atoms with Crippen LogP contribution in [0.15, 0.2) is 23.6 Å². The van der Waals surface area contributed by atoms with Gasteiger partial charge in [0.1, 0.15) is 0 Å². The summed E-state index contributed by atoms with van der Waals surface area (Å²) in [6, 6.07) is 3.49. The van der Waals surface area contributed by atoms with Crippen LogP contribution >= 0.6 is 22.9 Å². The fourth-order valence-electron chi connectivity index (χ4n) is 6.05. The van der Waals surface area contributed by atoms with E-state index >= 15 is 0 Å². The van der Waals surface area contributed by atoms with Gasteiger partial charge in [0.2, 0.25) is 0 Å². The van der Waals surface area contributed by atoms with Crippen molar-refractivity contribution < 1.29 is 23.1 Å². The van der Waals surface area contributed by atoms with Crippen molar-refractivity contribution in [3.63, 3.8) is 0 Å². The molecule has 2 aromatic rings. The lowest BCUT2D eigenvalue weighted by molar-refractivity contribution is -0.176. The van der Waals surface area contributed by atoms with Crippen molar-refractivity contribution in [1.82, 2.24) is 4.98 Å². The maximum Gasteiger partial charge on any atom is 0.312 e. The number of amides is 1. The Bertz CT molecular complexity index is 1080. The molecule has 1 aromatic heterocycles. The number of rotatable bonds is 5. The van der Waals surface area contributed by atoms with Gasteiger partial charge in [-0.2, -0.15) is 0 Å². The lowest BCUT2D eigenvalue weighted by atomic mass is 9.49. The Hall–Kier alpha value is -2.06. The van der Waals surface area contributed by atoms with E-state index in [1.807, 2.05) is 0 Å². The van der Waals surface area contributed by atoms with Crippen molar-refractivity contribution in [3.8, 4) is 11.3 Å². The third-order valence-corrected chi connectivity index (χ3v) is 8.23. The lowest BCUT2D eigenvalue weighted by Crippen LogP contribution is -2.57. The number of hydrogen-bond acceptors (Lipinski definition) is 5. The average Bonchev–Trinajstić information content (AvgIpc) is 3.16. The molecule has 170 valence electrons. The predicted octanol–water partition coefficient (Wildman–Crippen LogP) is 5.54. The van der Waals surface area contributed by atoms with E-state index in [0.29, 0.717) is 29.5 Å². The van der Waals surface area contributed by atoms with Gasteiger partial charge in [0, 0.05) is 15.8 Å². The number of carbonyl (C=O) groups is 2. The number of halogens is 3. The molecule has 4 bridgehead atoms. The van der Waals surface area contributed by atoms with Crippen LogP contribution in [0, 0.1) is 28.9 Å². The van der Waals surface area contributed by atoms with Crippen molar-refractivity contribution in [1.29, 1.82) is 0 Å². The number of nitrogens with zero attached hydrogens (tertiary/aromatic N) is 1. The second-order valence-electron chi connectivity index (χ2n) is 9.60. The number of ether oxygens (including phenoxy) is 1. The van der Waals surface area contributed by atoms with Crippen LogP contribution in [-0.2, 0) is 14.3 Å². The first-order chi connectivity index (χ1) is 15.1. The van der Waals surface area contributed by atoms with Crippen molar-refractivity contribution in [2.75, 3.05) is 5.32 Å². The Morgan fingerprint density at radius 3 is 2.59 bits per heavy atom. The largest absolute Gasteiger partial charge is 0.452 e. The number of alkyl halides is 1. The summed E-state index contributed by atoms with van der Waals surface area (Å²) in [5, 5.41) is 4.56. The summed E-state index contributed by atoms with van der Waals surface area (Å²) in [6.45, 7) is 1.54. The standard InChI is InChI=1S/C23H23ClF2N2O3S/c1-12(31-20(30)22-6-13-4-14(7-22)9-23(24,8-13)11-22)19(29)28-21-27-18(10-32-21)15-2-3-16(25)17(26)5-15/h2-3,5,10,12-14H,4,6-9,11H2,1H3,(H,27,28,29)/t12-,13-,14-,22?,23?/m0/s1. The highest BCUT2D eigenvalue weighted by Crippen LogP contribution is 2.64. The molecule has 1 heterocycles. The molecule has 5 nitrogen and oxygen atoms in total. The molecule has 4 saturated carbocycles. The van der Waals surface area contributed by atoms with Gasteiger partial charge >= 0.3 is 5.97 Å². The Labute approximate surface area is 193 Å². The minimum atomic E-state index is -0.989. The molecule has 4 aliphatic rings. The summed E-state index contributed by atoms with van der Waals surface area (Å²) >= 11 is 7.95. The average molecular weight is 481 g/mol. The lowest BCUT2D eigenvalue weighted by Gasteiger charge is -2.58. The van der Waals surface area contributed by atoms with Gasteiger partial charge in [-0.3, -0.25) is 14.9 Å². The van der Waals surface area contributed by atoms with Gasteiger partial charge in [-0.1, -0.05) is 0 Å². The van der Waals surface area contributed by atoms with Gasteiger partial charge in [0.05, 0.1) is 11.1 Å². The second-order valence-corrected chi connectivity index (χ2v) is 11.3. The molecule has 9 heteroatoms. The Morgan fingerprint density at radius 1 is 1.22 bits per heavy atom. The molecule has 4 fully saturated rings. The molecule has 3 atom stereocenters. The fourth-order valence-corrected chi connectivity index (χ4v) is 7.47. The van der Waals surface area contributed by atoms with E-state index in [0.717, 1.165) is 55.6 Å². The van der Waals surface area contributed by atoms with Crippen LogP contribution in [0.25, 0.3) is 11.3 Å². The zero-order valence-corrected chi connectivity index (χ0v) is 19.1. The van der Waals surface area contributed by atoms with E-state index < -0.39 is 29.1 Å². The number of esters is 1. The Kier molecular flexibility index (Phi) is 5.28. The van der Waals surface area contributed by atoms with Crippen LogP contribution in [0.1, 0.15) is 45.4 Å². The molecular weight excluding hydrogens is 458 g/mol. The number of thiazole rings is 1. The van der Waals surface area contributed by atoms with E-state index in [2.05, 4.69) is 10.3 Å². The highest BCUT2D eigenvalue weighted by molar-refractivity contribution is 7.14. The zero-order chi connectivity index (χ0) is 22.7. The van der Waals surface area contributed by atoms with Crippen molar-refractivity contribution in [3.05, 3.63) is 35.2 Å². The molecular formula is C23H23ClF2N2O3S. The normalized spacial score (nSPS) is 31.4. The van der Waals surface area contributed by atoms with Crippen LogP contribution in [0.2, 0.25) is 0 Å². The minimum absolute atomic E-state index is 0.284. The monoisotopic (exact) mass is 480 g/mol. The SMILES string of the molecule is C[C@H](OC(=O)C12C[C@@H]3C[C@H](CC(Cl)(C3)C1)C2)C(=O)Nc1nc(-c2ccc(F)c(F)c2)cs1. The maximum atomic E-state index is 13.5. The highest BCUT2D eigenvalue weighted by atomic mass is 35.5. The molecule has 0 unspecified atom stereocenters. The summed E-state index contributed by atoms with van der Waals surface area (Å²) < 4.78 is 32.2. The first kappa shape index (κ1) is 21.8. The Balaban J connectivity index is 1.23. The van der Waals surface area contributed by atoms with E-state index in [9.17, 15) is 18.4 Å². The molecule has 0 spiro atoms. The van der Waals surface area contributed by atoms with E-state index in [-0.39, 0.29) is 16.0 Å². The fraction of sp³-hybridized carbons (Fsp3) is 0.522. The number of hydrogen-bond donors (Lipinski definition) is 1. The van der Waals surface area contributed by atoms with Crippen LogP contribution in [-0.4, -0.2) is 27.8 Å². The molecule has 32 heavy (non-hydrogen) atoms. The molecule has 0 aliphatic heterocycles. The quantitative estimate of drug-likeness (QED) is 0.451. The van der Waals surface area contributed by atoms with Gasteiger partial charge < -0.3 is 4.74 Å². The molecule has 1 amide bonds. The van der Waals surface area contributed by atoms with Crippen molar-refractivity contribution in [2.24, 2.45) is 17.3 Å². The number of benzene rings is 1. The van der Waals surface area contributed by atoms with Crippen LogP contribution in [0.4, 0.5) is 13.9 Å². The first-order valence-electron chi connectivity index (χ1n) is 10.8.